The molecule has 0 spiro atoms. The maximum atomic E-state index is 13.2. The van der Waals surface area contributed by atoms with Gasteiger partial charge in [0.05, 0.1) is 13.0 Å². The Morgan fingerprint density at radius 3 is 2.57 bits per heavy atom. The first-order valence-corrected chi connectivity index (χ1v) is 9.60. The normalized spacial score (nSPS) is 20.2. The molecule has 1 unspecified atom stereocenters. The second kappa shape index (κ2) is 6.71. The number of dihydropyridines is 1. The standard InChI is InChI=1S/C21H20ClN3O3/c1-21(2)19(27)15-13(8-9-22)18(26)17-16(14(15)10-23-21)24-20(25-17)11-4-6-12(28-3)7-5-11/h4-7,10,13H,8-9H2,1-3H3,(H,24,25). The van der Waals surface area contributed by atoms with Crippen LogP contribution in [0.25, 0.3) is 17.0 Å². The number of nitrogens with zero attached hydrogens (tertiary/aromatic N) is 2. The minimum absolute atomic E-state index is 0.145. The molecule has 0 saturated carbocycles. The lowest BCUT2D eigenvalue weighted by Gasteiger charge is -2.32. The zero-order chi connectivity index (χ0) is 20.1. The number of H-pyrrole nitrogens is 1. The number of ether oxygens (including phenoxy) is 1. The van der Waals surface area contributed by atoms with E-state index in [4.69, 9.17) is 16.3 Å². The zero-order valence-electron chi connectivity index (χ0n) is 15.9. The Morgan fingerprint density at radius 1 is 1.21 bits per heavy atom. The molecule has 2 aromatic rings. The van der Waals surface area contributed by atoms with E-state index in [0.29, 0.717) is 34.8 Å². The molecule has 1 aromatic carbocycles. The third-order valence-corrected chi connectivity index (χ3v) is 5.46. The van der Waals surface area contributed by atoms with Crippen molar-refractivity contribution < 1.29 is 14.3 Å². The minimum Gasteiger partial charge on any atom is -0.497 e. The number of alkyl halides is 1. The first kappa shape index (κ1) is 18.6. The Kier molecular flexibility index (Phi) is 4.46. The Morgan fingerprint density at radius 2 is 1.93 bits per heavy atom. The van der Waals surface area contributed by atoms with Gasteiger partial charge in [-0.3, -0.25) is 14.6 Å². The first-order valence-electron chi connectivity index (χ1n) is 9.06. The molecular formula is C21H20ClN3O3. The number of ketones is 2. The molecule has 0 radical (unpaired) electrons. The number of allylic oxidation sites excluding steroid dienone is 1. The summed E-state index contributed by atoms with van der Waals surface area (Å²) in [4.78, 5) is 38.4. The number of nitrogens with one attached hydrogen (secondary N) is 1. The summed E-state index contributed by atoms with van der Waals surface area (Å²) in [6.45, 7) is 3.50. The van der Waals surface area contributed by atoms with Gasteiger partial charge in [-0.05, 0) is 44.5 Å². The molecule has 28 heavy (non-hydrogen) atoms. The van der Waals surface area contributed by atoms with Crippen LogP contribution in [-0.4, -0.2) is 46.3 Å². The quantitative estimate of drug-likeness (QED) is 0.797. The SMILES string of the molecule is COc1ccc(-c2nc3c([nH]2)C(=O)C(CCCl)C2=C3C=NC(C)(C)C2=O)cc1. The van der Waals surface area contributed by atoms with Crippen molar-refractivity contribution in [3.63, 3.8) is 0 Å². The number of hydrogen-bond donors (Lipinski definition) is 1. The molecule has 1 atom stereocenters. The smallest absolute Gasteiger partial charge is 0.188 e. The Hall–Kier alpha value is -2.73. The number of Topliss-reactive ketones (excluding diaryl/α,β-unsaturated/α-hetero) is 2. The predicted octanol–water partition coefficient (Wildman–Crippen LogP) is 3.71. The molecule has 1 aliphatic heterocycles. The van der Waals surface area contributed by atoms with Crippen molar-refractivity contribution in [3.05, 3.63) is 41.2 Å². The molecule has 0 amide bonds. The molecule has 0 bridgehead atoms. The van der Waals surface area contributed by atoms with Gasteiger partial charge in [0.2, 0.25) is 0 Å². The summed E-state index contributed by atoms with van der Waals surface area (Å²) in [5.41, 5.74) is 1.90. The van der Waals surface area contributed by atoms with Gasteiger partial charge in [-0.1, -0.05) is 0 Å². The average Bonchev–Trinajstić information content (AvgIpc) is 3.13. The van der Waals surface area contributed by atoms with Crippen LogP contribution < -0.4 is 4.74 Å². The van der Waals surface area contributed by atoms with Crippen LogP contribution in [0, 0.1) is 5.92 Å². The molecule has 7 heteroatoms. The van der Waals surface area contributed by atoms with E-state index in [9.17, 15) is 9.59 Å². The summed E-state index contributed by atoms with van der Waals surface area (Å²) in [7, 11) is 1.60. The van der Waals surface area contributed by atoms with Crippen molar-refractivity contribution in [1.82, 2.24) is 9.97 Å². The van der Waals surface area contributed by atoms with Crippen LogP contribution in [0.2, 0.25) is 0 Å². The lowest BCUT2D eigenvalue weighted by molar-refractivity contribution is -0.119. The summed E-state index contributed by atoms with van der Waals surface area (Å²) < 4.78 is 5.19. The topological polar surface area (TPSA) is 84.4 Å². The fourth-order valence-corrected chi connectivity index (χ4v) is 3.88. The van der Waals surface area contributed by atoms with Crippen molar-refractivity contribution in [2.45, 2.75) is 25.8 Å². The van der Waals surface area contributed by atoms with Gasteiger partial charge in [0, 0.05) is 28.8 Å². The number of carbonyl (C=O) groups excluding carboxylic acids is 2. The Balaban J connectivity index is 1.86. The van der Waals surface area contributed by atoms with Crippen molar-refractivity contribution in [2.75, 3.05) is 13.0 Å². The van der Waals surface area contributed by atoms with Crippen molar-refractivity contribution in [1.29, 1.82) is 0 Å². The maximum Gasteiger partial charge on any atom is 0.188 e. The molecule has 2 heterocycles. The predicted molar refractivity (Wildman–Crippen MR) is 108 cm³/mol. The number of aromatic nitrogens is 2. The van der Waals surface area contributed by atoms with Crippen LogP contribution in [0.1, 0.15) is 36.5 Å². The lowest BCUT2D eigenvalue weighted by Crippen LogP contribution is -2.41. The number of aromatic amines is 1. The molecule has 6 nitrogen and oxygen atoms in total. The summed E-state index contributed by atoms with van der Waals surface area (Å²) in [6.07, 6.45) is 2.06. The van der Waals surface area contributed by atoms with E-state index >= 15 is 0 Å². The molecule has 144 valence electrons. The number of benzene rings is 1. The van der Waals surface area contributed by atoms with Crippen molar-refractivity contribution in [3.8, 4) is 17.1 Å². The second-order valence-corrected chi connectivity index (χ2v) is 7.78. The van der Waals surface area contributed by atoms with Crippen molar-refractivity contribution >= 4 is 35.0 Å². The molecule has 2 aliphatic rings. The number of halogens is 1. The summed E-state index contributed by atoms with van der Waals surface area (Å²) >= 11 is 5.95. The molecule has 1 aliphatic carbocycles. The van der Waals surface area contributed by atoms with Crippen molar-refractivity contribution in [2.24, 2.45) is 10.9 Å². The lowest BCUT2D eigenvalue weighted by atomic mass is 9.74. The number of hydrogen-bond acceptors (Lipinski definition) is 5. The largest absolute Gasteiger partial charge is 0.497 e. The number of fused-ring (bicyclic) bond motifs is 2. The van der Waals surface area contributed by atoms with E-state index in [1.807, 2.05) is 24.3 Å². The van der Waals surface area contributed by atoms with Gasteiger partial charge in [-0.15, -0.1) is 11.6 Å². The zero-order valence-corrected chi connectivity index (χ0v) is 16.6. The first-order chi connectivity index (χ1) is 13.4. The summed E-state index contributed by atoms with van der Waals surface area (Å²) in [6, 6.07) is 7.38. The van der Waals surface area contributed by atoms with E-state index in [1.54, 1.807) is 27.2 Å². The van der Waals surface area contributed by atoms with E-state index in [0.717, 1.165) is 11.3 Å². The Bertz CT molecular complexity index is 1030. The molecular weight excluding hydrogens is 378 g/mol. The average molecular weight is 398 g/mol. The summed E-state index contributed by atoms with van der Waals surface area (Å²) in [5.74, 6) is 0.699. The molecule has 0 fully saturated rings. The van der Waals surface area contributed by atoms with Crippen LogP contribution >= 0.6 is 11.6 Å². The highest BCUT2D eigenvalue weighted by atomic mass is 35.5. The van der Waals surface area contributed by atoms with Gasteiger partial charge in [0.25, 0.3) is 0 Å². The Labute approximate surface area is 167 Å². The molecule has 1 aromatic heterocycles. The fourth-order valence-electron chi connectivity index (χ4n) is 3.66. The van der Waals surface area contributed by atoms with E-state index in [1.165, 1.54) is 0 Å². The van der Waals surface area contributed by atoms with Gasteiger partial charge in [0.15, 0.2) is 11.6 Å². The second-order valence-electron chi connectivity index (χ2n) is 7.41. The molecule has 0 saturated heterocycles. The van der Waals surface area contributed by atoms with E-state index in [-0.39, 0.29) is 17.4 Å². The third-order valence-electron chi connectivity index (χ3n) is 5.24. The molecule has 1 N–H and O–H groups in total. The van der Waals surface area contributed by atoms with Crippen LogP contribution in [0.3, 0.4) is 0 Å². The highest BCUT2D eigenvalue weighted by Crippen LogP contribution is 2.41. The number of methoxy groups -OCH3 is 1. The fraction of sp³-hybridized carbons (Fsp3) is 0.333. The maximum absolute atomic E-state index is 13.2. The van der Waals surface area contributed by atoms with Gasteiger partial charge in [-0.2, -0.15) is 0 Å². The number of carbonyl (C=O) groups is 2. The highest BCUT2D eigenvalue weighted by Gasteiger charge is 2.45. The van der Waals surface area contributed by atoms with E-state index < -0.39 is 11.5 Å². The van der Waals surface area contributed by atoms with Crippen LogP contribution in [0.15, 0.2) is 34.8 Å². The highest BCUT2D eigenvalue weighted by molar-refractivity contribution is 6.30. The summed E-state index contributed by atoms with van der Waals surface area (Å²) in [5, 5.41) is 0. The van der Waals surface area contributed by atoms with Crippen LogP contribution in [0.5, 0.6) is 5.75 Å². The van der Waals surface area contributed by atoms with Gasteiger partial charge in [-0.25, -0.2) is 4.98 Å². The van der Waals surface area contributed by atoms with Gasteiger partial charge >= 0.3 is 0 Å². The number of rotatable bonds is 4. The minimum atomic E-state index is -0.893. The monoisotopic (exact) mass is 397 g/mol. The number of imidazole rings is 1. The third kappa shape index (κ3) is 2.79. The van der Waals surface area contributed by atoms with Crippen LogP contribution in [-0.2, 0) is 4.79 Å². The van der Waals surface area contributed by atoms with Gasteiger partial charge < -0.3 is 9.72 Å². The molecule has 4 rings (SSSR count). The van der Waals surface area contributed by atoms with Gasteiger partial charge in [0.1, 0.15) is 28.5 Å². The van der Waals surface area contributed by atoms with Crippen LogP contribution in [0.4, 0.5) is 0 Å². The van der Waals surface area contributed by atoms with E-state index in [2.05, 4.69) is 15.0 Å². The number of aliphatic imine (C=N–C) groups is 1.